The average Bonchev–Trinajstić information content (AvgIpc) is 2.29. The Morgan fingerprint density at radius 2 is 2.06 bits per heavy atom. The summed E-state index contributed by atoms with van der Waals surface area (Å²) in [5, 5.41) is 3.63. The lowest BCUT2D eigenvalue weighted by Gasteiger charge is -2.43. The van der Waals surface area contributed by atoms with Gasteiger partial charge in [-0.1, -0.05) is 6.92 Å². The fourth-order valence-electron chi connectivity index (χ4n) is 2.68. The number of piperidine rings is 1. The summed E-state index contributed by atoms with van der Waals surface area (Å²) < 4.78 is 5.69. The number of nitrogens with zero attached hydrogens (tertiary/aromatic N) is 1. The number of hydrogen-bond donors (Lipinski definition) is 1. The quantitative estimate of drug-likeness (QED) is 0.818. The van der Waals surface area contributed by atoms with Crippen LogP contribution in [0.4, 0.5) is 0 Å². The van der Waals surface area contributed by atoms with Gasteiger partial charge < -0.3 is 10.1 Å². The van der Waals surface area contributed by atoms with Crippen molar-refractivity contribution in [3.8, 4) is 0 Å². The third-order valence-corrected chi connectivity index (χ3v) is 4.04. The molecule has 2 atom stereocenters. The highest BCUT2D eigenvalue weighted by atomic mass is 16.5. The highest BCUT2D eigenvalue weighted by molar-refractivity contribution is 4.89. The first kappa shape index (κ1) is 15.9. The van der Waals surface area contributed by atoms with E-state index in [-0.39, 0.29) is 11.1 Å². The first-order chi connectivity index (χ1) is 8.29. The highest BCUT2D eigenvalue weighted by Crippen LogP contribution is 2.25. The van der Waals surface area contributed by atoms with Crippen LogP contribution in [0.25, 0.3) is 0 Å². The number of hydrogen-bond acceptors (Lipinski definition) is 3. The van der Waals surface area contributed by atoms with Crippen molar-refractivity contribution in [1.82, 2.24) is 10.2 Å². The Bertz CT molecular complexity index is 249. The molecule has 1 N–H and O–H groups in total. The van der Waals surface area contributed by atoms with E-state index in [4.69, 9.17) is 4.74 Å². The van der Waals surface area contributed by atoms with Gasteiger partial charge in [0.1, 0.15) is 0 Å². The van der Waals surface area contributed by atoms with Crippen molar-refractivity contribution in [1.29, 1.82) is 0 Å². The zero-order valence-electron chi connectivity index (χ0n) is 13.2. The van der Waals surface area contributed by atoms with Crippen molar-refractivity contribution in [3.05, 3.63) is 0 Å². The summed E-state index contributed by atoms with van der Waals surface area (Å²) in [7, 11) is 1.85. The predicted octanol–water partition coefficient (Wildman–Crippen LogP) is 2.65. The number of rotatable bonds is 5. The van der Waals surface area contributed by atoms with Crippen molar-refractivity contribution in [2.75, 3.05) is 26.7 Å². The Labute approximate surface area is 113 Å². The Morgan fingerprint density at radius 3 is 2.56 bits per heavy atom. The fraction of sp³-hybridized carbons (Fsp3) is 1.00. The molecule has 3 nitrogen and oxygen atoms in total. The molecule has 1 fully saturated rings. The molecule has 3 heteroatoms. The lowest BCUT2D eigenvalue weighted by molar-refractivity contribution is -0.0617. The Morgan fingerprint density at radius 1 is 1.39 bits per heavy atom. The van der Waals surface area contributed by atoms with E-state index in [1.807, 2.05) is 7.11 Å². The van der Waals surface area contributed by atoms with Gasteiger partial charge in [-0.15, -0.1) is 0 Å². The van der Waals surface area contributed by atoms with Crippen LogP contribution < -0.4 is 5.32 Å². The molecule has 0 amide bonds. The van der Waals surface area contributed by atoms with Crippen LogP contribution in [0.2, 0.25) is 0 Å². The molecule has 0 saturated carbocycles. The van der Waals surface area contributed by atoms with Crippen LogP contribution >= 0.6 is 0 Å². The van der Waals surface area contributed by atoms with E-state index in [0.717, 1.165) is 13.1 Å². The Kier molecular flexibility index (Phi) is 5.63. The topological polar surface area (TPSA) is 24.5 Å². The number of nitrogens with one attached hydrogen (secondary N) is 1. The van der Waals surface area contributed by atoms with E-state index in [2.05, 4.69) is 44.8 Å². The first-order valence-corrected chi connectivity index (χ1v) is 7.34. The predicted molar refractivity (Wildman–Crippen MR) is 78.1 cm³/mol. The minimum atomic E-state index is 0.0490. The van der Waals surface area contributed by atoms with E-state index in [1.165, 1.54) is 25.8 Å². The molecule has 0 spiro atoms. The minimum Gasteiger partial charge on any atom is -0.377 e. The molecule has 2 unspecified atom stereocenters. The molecule has 1 rings (SSSR count). The maximum absolute atomic E-state index is 5.69. The summed E-state index contributed by atoms with van der Waals surface area (Å²) in [5.74, 6) is 0. The van der Waals surface area contributed by atoms with E-state index in [0.29, 0.717) is 6.04 Å². The SMILES string of the molecule is CCC(CNC(C)(C)C)N1CCCC(C)(OC)C1. The van der Waals surface area contributed by atoms with Gasteiger partial charge in [0.2, 0.25) is 0 Å². The van der Waals surface area contributed by atoms with E-state index in [9.17, 15) is 0 Å². The van der Waals surface area contributed by atoms with Crippen LogP contribution in [0.5, 0.6) is 0 Å². The van der Waals surface area contributed by atoms with Crippen LogP contribution in [-0.4, -0.2) is 48.8 Å². The Hall–Kier alpha value is -0.120. The summed E-state index contributed by atoms with van der Waals surface area (Å²) >= 11 is 0. The van der Waals surface area contributed by atoms with Crippen molar-refractivity contribution in [3.63, 3.8) is 0 Å². The maximum atomic E-state index is 5.69. The normalized spacial score (nSPS) is 28.3. The largest absolute Gasteiger partial charge is 0.377 e. The molecule has 1 heterocycles. The van der Waals surface area contributed by atoms with Gasteiger partial charge in [0, 0.05) is 31.8 Å². The van der Waals surface area contributed by atoms with Gasteiger partial charge in [0.05, 0.1) is 5.60 Å². The van der Waals surface area contributed by atoms with Crippen LogP contribution in [0, 0.1) is 0 Å². The molecule has 0 aliphatic carbocycles. The van der Waals surface area contributed by atoms with Crippen molar-refractivity contribution in [2.24, 2.45) is 0 Å². The van der Waals surface area contributed by atoms with E-state index < -0.39 is 0 Å². The maximum Gasteiger partial charge on any atom is 0.0777 e. The zero-order valence-corrected chi connectivity index (χ0v) is 13.2. The van der Waals surface area contributed by atoms with E-state index in [1.54, 1.807) is 0 Å². The number of methoxy groups -OCH3 is 1. The van der Waals surface area contributed by atoms with E-state index >= 15 is 0 Å². The molecule has 1 aliphatic heterocycles. The fourth-order valence-corrected chi connectivity index (χ4v) is 2.68. The molecule has 0 radical (unpaired) electrons. The summed E-state index contributed by atoms with van der Waals surface area (Å²) in [6.07, 6.45) is 3.63. The van der Waals surface area contributed by atoms with Crippen LogP contribution in [0.15, 0.2) is 0 Å². The monoisotopic (exact) mass is 256 g/mol. The van der Waals surface area contributed by atoms with Crippen molar-refractivity contribution >= 4 is 0 Å². The minimum absolute atomic E-state index is 0.0490. The standard InChI is InChI=1S/C15H32N2O/c1-7-13(11-16-14(2,3)4)17-10-8-9-15(5,12-17)18-6/h13,16H,7-12H2,1-6H3. The zero-order chi connectivity index (χ0) is 13.8. The molecule has 18 heavy (non-hydrogen) atoms. The lowest BCUT2D eigenvalue weighted by Crippen LogP contribution is -2.54. The molecule has 1 aliphatic rings. The summed E-state index contributed by atoms with van der Waals surface area (Å²) in [4.78, 5) is 2.60. The molecule has 1 saturated heterocycles. The van der Waals surface area contributed by atoms with Gasteiger partial charge in [-0.05, 0) is 53.5 Å². The molecule has 0 aromatic carbocycles. The van der Waals surface area contributed by atoms with Gasteiger partial charge in [-0.25, -0.2) is 0 Å². The molecule has 0 aromatic heterocycles. The molecular weight excluding hydrogens is 224 g/mol. The smallest absolute Gasteiger partial charge is 0.0777 e. The van der Waals surface area contributed by atoms with Crippen LogP contribution in [0.3, 0.4) is 0 Å². The third kappa shape index (κ3) is 4.87. The van der Waals surface area contributed by atoms with Gasteiger partial charge in [0.25, 0.3) is 0 Å². The van der Waals surface area contributed by atoms with Crippen LogP contribution in [0.1, 0.15) is 53.9 Å². The molecule has 0 aromatic rings. The van der Waals surface area contributed by atoms with Crippen molar-refractivity contribution in [2.45, 2.75) is 71.1 Å². The molecule has 108 valence electrons. The second kappa shape index (κ2) is 6.36. The second-order valence-electron chi connectivity index (χ2n) is 6.92. The summed E-state index contributed by atoms with van der Waals surface area (Å²) in [6.45, 7) is 14.6. The van der Waals surface area contributed by atoms with Gasteiger partial charge in [0.15, 0.2) is 0 Å². The third-order valence-electron chi connectivity index (χ3n) is 4.04. The van der Waals surface area contributed by atoms with Gasteiger partial charge in [-0.3, -0.25) is 4.90 Å². The first-order valence-electron chi connectivity index (χ1n) is 7.34. The number of ether oxygens (including phenoxy) is 1. The summed E-state index contributed by atoms with van der Waals surface area (Å²) in [6, 6.07) is 0.624. The van der Waals surface area contributed by atoms with Crippen LogP contribution in [-0.2, 0) is 4.74 Å². The highest BCUT2D eigenvalue weighted by Gasteiger charge is 2.33. The Balaban J connectivity index is 2.54. The molecule has 0 bridgehead atoms. The molecular formula is C15H32N2O. The van der Waals surface area contributed by atoms with Crippen molar-refractivity contribution < 1.29 is 4.74 Å². The van der Waals surface area contributed by atoms with Gasteiger partial charge >= 0.3 is 0 Å². The van der Waals surface area contributed by atoms with Gasteiger partial charge in [-0.2, -0.15) is 0 Å². The average molecular weight is 256 g/mol. The summed E-state index contributed by atoms with van der Waals surface area (Å²) in [5.41, 5.74) is 0.251. The number of likely N-dealkylation sites (tertiary alicyclic amines) is 1. The lowest BCUT2D eigenvalue weighted by atomic mass is 9.93. The second-order valence-corrected chi connectivity index (χ2v) is 6.92.